The van der Waals surface area contributed by atoms with Crippen molar-refractivity contribution in [2.45, 2.75) is 18.5 Å². The number of rotatable bonds is 6. The first-order valence-corrected chi connectivity index (χ1v) is 10.9. The molecule has 3 N–H and O–H groups in total. The van der Waals surface area contributed by atoms with E-state index in [2.05, 4.69) is 20.2 Å². The highest BCUT2D eigenvalue weighted by molar-refractivity contribution is 5.98. The molecule has 4 rings (SSSR count). The van der Waals surface area contributed by atoms with Crippen molar-refractivity contribution in [2.24, 2.45) is 5.73 Å². The minimum Gasteiger partial charge on any atom is -0.379 e. The first-order chi connectivity index (χ1) is 15.7. The van der Waals surface area contributed by atoms with E-state index >= 15 is 4.39 Å². The van der Waals surface area contributed by atoms with Crippen LogP contribution in [0.25, 0.3) is 10.9 Å². The number of ether oxygens (including phenoxy) is 1. The quantitative estimate of drug-likeness (QED) is 0.558. The summed E-state index contributed by atoms with van der Waals surface area (Å²) in [5, 5.41) is 4.06. The summed E-state index contributed by atoms with van der Waals surface area (Å²) in [4.78, 5) is 23.3. The summed E-state index contributed by atoms with van der Waals surface area (Å²) in [5.74, 6) is -0.891. The van der Waals surface area contributed by atoms with E-state index in [-0.39, 0.29) is 33.8 Å². The molecule has 2 aromatic heterocycles. The zero-order chi connectivity index (χ0) is 23.8. The minimum atomic E-state index is -0.758. The SMILES string of the molecule is CN(C)C1COCCC1[N+](C)(C)c1nc(Nc2cnc3ccccc3c2)c(C(N)=O)cc1F. The maximum Gasteiger partial charge on any atom is 0.265 e. The number of hydrogen-bond acceptors (Lipinski definition) is 6. The number of carbonyl (C=O) groups is 1. The summed E-state index contributed by atoms with van der Waals surface area (Å²) in [5.41, 5.74) is 7.02. The van der Waals surface area contributed by atoms with Crippen LogP contribution < -0.4 is 15.5 Å². The van der Waals surface area contributed by atoms with Crippen LogP contribution in [-0.4, -0.2) is 74.3 Å². The highest BCUT2D eigenvalue weighted by atomic mass is 19.1. The molecular weight excluding hydrogens is 423 g/mol. The van der Waals surface area contributed by atoms with Gasteiger partial charge in [0, 0.05) is 11.8 Å². The highest BCUT2D eigenvalue weighted by Crippen LogP contribution is 2.33. The smallest absolute Gasteiger partial charge is 0.265 e. The van der Waals surface area contributed by atoms with Crippen molar-refractivity contribution in [3.63, 3.8) is 0 Å². The monoisotopic (exact) mass is 453 g/mol. The molecule has 0 spiro atoms. The standard InChI is InChI=1S/C24H29FN6O2/c1-30(2)20-14-33-10-9-21(20)31(3,4)24-18(25)12-17(22(26)32)23(29-24)28-16-11-15-7-5-6-8-19(15)27-13-16/h5-8,11-13,20-21H,9-10,14H2,1-4H3,(H2-,26,28,29,32)/p+1. The lowest BCUT2D eigenvalue weighted by Gasteiger charge is -2.45. The highest BCUT2D eigenvalue weighted by Gasteiger charge is 2.43. The maximum atomic E-state index is 15.3. The van der Waals surface area contributed by atoms with Gasteiger partial charge in [-0.1, -0.05) is 18.2 Å². The number of amides is 1. The van der Waals surface area contributed by atoms with Gasteiger partial charge in [0.2, 0.25) is 5.82 Å². The van der Waals surface area contributed by atoms with Gasteiger partial charge in [0.25, 0.3) is 11.7 Å². The zero-order valence-corrected chi connectivity index (χ0v) is 19.4. The van der Waals surface area contributed by atoms with Gasteiger partial charge < -0.3 is 15.8 Å². The zero-order valence-electron chi connectivity index (χ0n) is 19.4. The number of nitrogens with one attached hydrogen (secondary N) is 1. The molecule has 1 aromatic carbocycles. The average molecular weight is 454 g/mol. The van der Waals surface area contributed by atoms with Gasteiger partial charge in [-0.05, 0) is 32.3 Å². The molecule has 0 bridgehead atoms. The van der Waals surface area contributed by atoms with Gasteiger partial charge in [-0.25, -0.2) is 0 Å². The average Bonchev–Trinajstić information content (AvgIpc) is 2.79. The Morgan fingerprint density at radius 3 is 2.76 bits per heavy atom. The Hall–Kier alpha value is -3.14. The number of benzene rings is 1. The molecule has 3 heterocycles. The Morgan fingerprint density at radius 2 is 2.03 bits per heavy atom. The number of primary amides is 1. The van der Waals surface area contributed by atoms with Crippen molar-refractivity contribution >= 4 is 34.1 Å². The molecule has 1 fully saturated rings. The fourth-order valence-corrected chi connectivity index (χ4v) is 4.56. The van der Waals surface area contributed by atoms with E-state index < -0.39 is 11.7 Å². The van der Waals surface area contributed by atoms with Crippen molar-refractivity contribution in [3.8, 4) is 0 Å². The van der Waals surface area contributed by atoms with Gasteiger partial charge in [0.1, 0.15) is 11.9 Å². The Kier molecular flexibility index (Phi) is 6.29. The van der Waals surface area contributed by atoms with Gasteiger partial charge in [-0.3, -0.25) is 19.2 Å². The third kappa shape index (κ3) is 4.52. The number of likely N-dealkylation sites (N-methyl/N-ethyl adjacent to an activating group) is 2. The number of quaternary nitrogens is 1. The maximum absolute atomic E-state index is 15.3. The number of carbonyl (C=O) groups excluding carboxylic acids is 1. The van der Waals surface area contributed by atoms with Crippen LogP contribution >= 0.6 is 0 Å². The second-order valence-corrected chi connectivity index (χ2v) is 9.10. The van der Waals surface area contributed by atoms with Crippen LogP contribution in [0.15, 0.2) is 42.6 Å². The molecular formula is C24H30FN6O2+. The lowest BCUT2D eigenvalue weighted by molar-refractivity contribution is -0.0128. The minimum absolute atomic E-state index is 0.0134. The topological polar surface area (TPSA) is 93.4 Å². The fraction of sp³-hybridized carbons (Fsp3) is 0.375. The number of nitrogens with two attached hydrogens (primary N) is 1. The summed E-state index contributed by atoms with van der Waals surface area (Å²) in [6.07, 6.45) is 2.41. The number of para-hydroxylation sites is 1. The van der Waals surface area contributed by atoms with Gasteiger partial charge in [0.05, 0.1) is 56.3 Å². The number of fused-ring (bicyclic) bond motifs is 1. The van der Waals surface area contributed by atoms with E-state index in [0.717, 1.165) is 17.3 Å². The Balaban J connectivity index is 1.76. The number of pyridine rings is 2. The van der Waals surface area contributed by atoms with E-state index in [0.29, 0.717) is 18.9 Å². The number of anilines is 2. The van der Waals surface area contributed by atoms with E-state index in [9.17, 15) is 4.79 Å². The van der Waals surface area contributed by atoms with E-state index in [4.69, 9.17) is 10.5 Å². The predicted octanol–water partition coefficient (Wildman–Crippen LogP) is 2.90. The molecule has 174 valence electrons. The van der Waals surface area contributed by atoms with Crippen LogP contribution in [-0.2, 0) is 4.74 Å². The molecule has 1 aliphatic heterocycles. The Bertz CT molecular complexity index is 1180. The van der Waals surface area contributed by atoms with Gasteiger partial charge >= 0.3 is 0 Å². The normalized spacial score (nSPS) is 19.1. The molecule has 9 heteroatoms. The van der Waals surface area contributed by atoms with Crippen LogP contribution in [0.2, 0.25) is 0 Å². The summed E-state index contributed by atoms with van der Waals surface area (Å²) >= 11 is 0. The molecule has 33 heavy (non-hydrogen) atoms. The molecule has 1 aliphatic rings. The second-order valence-electron chi connectivity index (χ2n) is 9.10. The number of halogens is 1. The van der Waals surface area contributed by atoms with Crippen molar-refractivity contribution in [3.05, 3.63) is 54.0 Å². The van der Waals surface area contributed by atoms with Crippen LogP contribution in [0, 0.1) is 5.82 Å². The largest absolute Gasteiger partial charge is 0.379 e. The van der Waals surface area contributed by atoms with Crippen LogP contribution in [0.3, 0.4) is 0 Å². The second kappa shape index (κ2) is 9.01. The van der Waals surface area contributed by atoms with E-state index in [1.54, 1.807) is 6.20 Å². The van der Waals surface area contributed by atoms with Gasteiger partial charge in [0.15, 0.2) is 0 Å². The van der Waals surface area contributed by atoms with Crippen LogP contribution in [0.4, 0.5) is 21.7 Å². The fourth-order valence-electron chi connectivity index (χ4n) is 4.56. The molecule has 8 nitrogen and oxygen atoms in total. The Morgan fingerprint density at radius 1 is 1.27 bits per heavy atom. The predicted molar refractivity (Wildman–Crippen MR) is 128 cm³/mol. The molecule has 1 amide bonds. The summed E-state index contributed by atoms with van der Waals surface area (Å²) in [6, 6.07) is 10.9. The van der Waals surface area contributed by atoms with Gasteiger partial charge in [-0.2, -0.15) is 9.37 Å². The third-order valence-electron chi connectivity index (χ3n) is 6.41. The third-order valence-corrected chi connectivity index (χ3v) is 6.41. The lowest BCUT2D eigenvalue weighted by atomic mass is 9.98. The lowest BCUT2D eigenvalue weighted by Crippen LogP contribution is -2.63. The van der Waals surface area contributed by atoms with Crippen molar-refractivity contribution in [1.29, 1.82) is 0 Å². The number of aromatic nitrogens is 2. The van der Waals surface area contributed by atoms with Gasteiger partial charge in [-0.15, -0.1) is 0 Å². The molecule has 3 aromatic rings. The summed E-state index contributed by atoms with van der Waals surface area (Å²) in [7, 11) is 7.85. The van der Waals surface area contributed by atoms with Crippen molar-refractivity contribution in [2.75, 3.05) is 46.7 Å². The summed E-state index contributed by atoms with van der Waals surface area (Å²) in [6.45, 7) is 1.17. The molecule has 0 saturated carbocycles. The molecule has 0 radical (unpaired) electrons. The molecule has 1 saturated heterocycles. The van der Waals surface area contributed by atoms with Crippen molar-refractivity contribution < 1.29 is 13.9 Å². The number of hydrogen-bond donors (Lipinski definition) is 2. The molecule has 0 aliphatic carbocycles. The first kappa shape index (κ1) is 23.0. The van der Waals surface area contributed by atoms with E-state index in [1.807, 2.05) is 58.5 Å². The van der Waals surface area contributed by atoms with Crippen LogP contribution in [0.5, 0.6) is 0 Å². The van der Waals surface area contributed by atoms with Crippen LogP contribution in [0.1, 0.15) is 16.8 Å². The summed E-state index contributed by atoms with van der Waals surface area (Å²) < 4.78 is 21.2. The van der Waals surface area contributed by atoms with Crippen molar-refractivity contribution in [1.82, 2.24) is 19.4 Å². The molecule has 2 unspecified atom stereocenters. The Labute approximate surface area is 192 Å². The first-order valence-electron chi connectivity index (χ1n) is 10.9. The van der Waals surface area contributed by atoms with E-state index in [1.165, 1.54) is 6.07 Å². The number of nitrogens with zero attached hydrogens (tertiary/aromatic N) is 4. The molecule has 2 atom stereocenters.